The fourth-order valence-electron chi connectivity index (χ4n) is 1.73. The van der Waals surface area contributed by atoms with Gasteiger partial charge in [0.05, 0.1) is 0 Å². The second-order valence-corrected chi connectivity index (χ2v) is 4.96. The Morgan fingerprint density at radius 2 is 1.84 bits per heavy atom. The molecule has 94 valence electrons. The minimum atomic E-state index is -0.246. The first-order valence-corrected chi connectivity index (χ1v) is 6.50. The summed E-state index contributed by atoms with van der Waals surface area (Å²) in [6.07, 6.45) is 3.60. The van der Waals surface area contributed by atoms with Crippen molar-refractivity contribution >= 4 is 39.2 Å². The Bertz CT molecular complexity index is 746. The molecule has 0 N–H and O–H groups in total. The zero-order valence-electron chi connectivity index (χ0n) is 9.81. The fourth-order valence-corrected chi connectivity index (χ4v) is 2.08. The van der Waals surface area contributed by atoms with E-state index in [9.17, 15) is 4.39 Å². The molecule has 1 heterocycles. The van der Waals surface area contributed by atoms with E-state index in [-0.39, 0.29) is 5.82 Å². The number of fused-ring (bicyclic) bond motifs is 1. The molecule has 0 saturated heterocycles. The van der Waals surface area contributed by atoms with Gasteiger partial charge in [0.15, 0.2) is 5.58 Å². The van der Waals surface area contributed by atoms with Gasteiger partial charge < -0.3 is 4.42 Å². The van der Waals surface area contributed by atoms with Crippen molar-refractivity contribution in [3.8, 4) is 0 Å². The predicted molar refractivity (Wildman–Crippen MR) is 77.0 cm³/mol. The van der Waals surface area contributed by atoms with Crippen LogP contribution >= 0.6 is 15.9 Å². The fraction of sp³-hybridized carbons (Fsp3) is 0. The van der Waals surface area contributed by atoms with Gasteiger partial charge in [-0.25, -0.2) is 9.37 Å². The van der Waals surface area contributed by atoms with E-state index in [0.717, 1.165) is 21.1 Å². The molecule has 0 fully saturated rings. The highest BCUT2D eigenvalue weighted by atomic mass is 79.9. The van der Waals surface area contributed by atoms with Crippen LogP contribution in [0.1, 0.15) is 11.5 Å². The highest BCUT2D eigenvalue weighted by Crippen LogP contribution is 2.21. The van der Waals surface area contributed by atoms with E-state index in [1.165, 1.54) is 12.1 Å². The molecular weight excluding hydrogens is 309 g/mol. The van der Waals surface area contributed by atoms with Crippen LogP contribution < -0.4 is 0 Å². The average molecular weight is 318 g/mol. The molecule has 0 aliphatic carbocycles. The van der Waals surface area contributed by atoms with Gasteiger partial charge in [0.25, 0.3) is 0 Å². The van der Waals surface area contributed by atoms with Crippen LogP contribution in [0.2, 0.25) is 0 Å². The van der Waals surface area contributed by atoms with Crippen LogP contribution in [0, 0.1) is 5.82 Å². The zero-order valence-corrected chi connectivity index (χ0v) is 11.4. The lowest BCUT2D eigenvalue weighted by atomic mass is 10.2. The molecule has 2 aromatic carbocycles. The standard InChI is InChI=1S/C15H9BrFNO/c16-11-4-7-14-13(9-11)18-15(19-14)8-3-10-1-5-12(17)6-2-10/h1-9H/b8-3+. The van der Waals surface area contributed by atoms with Crippen LogP contribution in [0.25, 0.3) is 23.3 Å². The molecule has 0 radical (unpaired) electrons. The molecule has 19 heavy (non-hydrogen) atoms. The molecule has 1 aromatic heterocycles. The van der Waals surface area contributed by atoms with E-state index >= 15 is 0 Å². The van der Waals surface area contributed by atoms with Crippen molar-refractivity contribution < 1.29 is 8.81 Å². The summed E-state index contributed by atoms with van der Waals surface area (Å²) in [4.78, 5) is 4.35. The van der Waals surface area contributed by atoms with Crippen LogP contribution in [-0.2, 0) is 0 Å². The van der Waals surface area contributed by atoms with Gasteiger partial charge in [0, 0.05) is 10.5 Å². The van der Waals surface area contributed by atoms with Gasteiger partial charge in [-0.3, -0.25) is 0 Å². The van der Waals surface area contributed by atoms with Crippen molar-refractivity contribution in [2.45, 2.75) is 0 Å². The van der Waals surface area contributed by atoms with E-state index in [1.807, 2.05) is 24.3 Å². The van der Waals surface area contributed by atoms with Gasteiger partial charge in [-0.15, -0.1) is 0 Å². The molecule has 3 rings (SSSR count). The van der Waals surface area contributed by atoms with Crippen LogP contribution in [-0.4, -0.2) is 4.98 Å². The van der Waals surface area contributed by atoms with Crippen LogP contribution in [0.5, 0.6) is 0 Å². The number of hydrogen-bond donors (Lipinski definition) is 0. The SMILES string of the molecule is Fc1ccc(/C=C/c2nc3cc(Br)ccc3o2)cc1. The van der Waals surface area contributed by atoms with Crippen LogP contribution in [0.4, 0.5) is 4.39 Å². The lowest BCUT2D eigenvalue weighted by molar-refractivity contribution is 0.589. The first kappa shape index (κ1) is 12.1. The molecule has 0 saturated carbocycles. The molecule has 3 aromatic rings. The molecular formula is C15H9BrFNO. The number of aromatic nitrogens is 1. The monoisotopic (exact) mass is 317 g/mol. The van der Waals surface area contributed by atoms with E-state index in [2.05, 4.69) is 20.9 Å². The third kappa shape index (κ3) is 2.74. The number of nitrogens with zero attached hydrogens (tertiary/aromatic N) is 1. The molecule has 0 aliphatic rings. The smallest absolute Gasteiger partial charge is 0.220 e. The maximum absolute atomic E-state index is 12.8. The van der Waals surface area contributed by atoms with Crippen molar-refractivity contribution in [1.82, 2.24) is 4.98 Å². The van der Waals surface area contributed by atoms with E-state index in [1.54, 1.807) is 18.2 Å². The third-order valence-electron chi connectivity index (χ3n) is 2.65. The molecule has 4 heteroatoms. The minimum absolute atomic E-state index is 0.246. The molecule has 0 amide bonds. The molecule has 0 spiro atoms. The number of oxazole rings is 1. The summed E-state index contributed by atoms with van der Waals surface area (Å²) in [5.74, 6) is 0.279. The summed E-state index contributed by atoms with van der Waals surface area (Å²) in [6, 6.07) is 11.9. The van der Waals surface area contributed by atoms with Gasteiger partial charge in [0.1, 0.15) is 11.3 Å². The lowest BCUT2D eigenvalue weighted by Gasteiger charge is -1.91. The van der Waals surface area contributed by atoms with Crippen molar-refractivity contribution in [1.29, 1.82) is 0 Å². The van der Waals surface area contributed by atoms with Crippen molar-refractivity contribution in [3.63, 3.8) is 0 Å². The molecule has 0 bridgehead atoms. The second-order valence-electron chi connectivity index (χ2n) is 4.05. The number of benzene rings is 2. The normalized spacial score (nSPS) is 11.5. The van der Waals surface area contributed by atoms with E-state index in [4.69, 9.17) is 4.42 Å². The van der Waals surface area contributed by atoms with Gasteiger partial charge in [-0.05, 0) is 42.0 Å². The van der Waals surface area contributed by atoms with E-state index in [0.29, 0.717) is 5.89 Å². The van der Waals surface area contributed by atoms with Crippen molar-refractivity contribution in [2.24, 2.45) is 0 Å². The number of rotatable bonds is 2. The van der Waals surface area contributed by atoms with Gasteiger partial charge >= 0.3 is 0 Å². The summed E-state index contributed by atoms with van der Waals surface area (Å²) < 4.78 is 19.3. The predicted octanol–water partition coefficient (Wildman–Crippen LogP) is 4.90. The summed E-state index contributed by atoms with van der Waals surface area (Å²) in [7, 11) is 0. The maximum atomic E-state index is 12.8. The molecule has 0 unspecified atom stereocenters. The Hall–Kier alpha value is -1.94. The molecule has 0 atom stereocenters. The summed E-state index contributed by atoms with van der Waals surface area (Å²) in [5.41, 5.74) is 2.43. The molecule has 2 nitrogen and oxygen atoms in total. The first-order chi connectivity index (χ1) is 9.20. The van der Waals surface area contributed by atoms with Crippen LogP contribution in [0.3, 0.4) is 0 Å². The quantitative estimate of drug-likeness (QED) is 0.672. The number of hydrogen-bond acceptors (Lipinski definition) is 2. The maximum Gasteiger partial charge on any atom is 0.220 e. The largest absolute Gasteiger partial charge is 0.437 e. The van der Waals surface area contributed by atoms with Gasteiger partial charge in [0.2, 0.25) is 5.89 Å². The highest BCUT2D eigenvalue weighted by molar-refractivity contribution is 9.10. The Balaban J connectivity index is 1.90. The summed E-state index contributed by atoms with van der Waals surface area (Å²) in [6.45, 7) is 0. The Kier molecular flexibility index (Phi) is 3.17. The highest BCUT2D eigenvalue weighted by Gasteiger charge is 2.03. The Morgan fingerprint density at radius 1 is 1.05 bits per heavy atom. The molecule has 0 aliphatic heterocycles. The Morgan fingerprint density at radius 3 is 2.63 bits per heavy atom. The van der Waals surface area contributed by atoms with Crippen molar-refractivity contribution in [3.05, 3.63) is 64.2 Å². The average Bonchev–Trinajstić information content (AvgIpc) is 2.80. The van der Waals surface area contributed by atoms with Gasteiger partial charge in [-0.1, -0.05) is 28.1 Å². The van der Waals surface area contributed by atoms with Crippen molar-refractivity contribution in [2.75, 3.05) is 0 Å². The second kappa shape index (κ2) is 4.97. The Labute approximate surface area is 117 Å². The summed E-state index contributed by atoms with van der Waals surface area (Å²) >= 11 is 3.39. The lowest BCUT2D eigenvalue weighted by Crippen LogP contribution is -1.75. The zero-order chi connectivity index (χ0) is 13.2. The first-order valence-electron chi connectivity index (χ1n) is 5.70. The topological polar surface area (TPSA) is 26.0 Å². The minimum Gasteiger partial charge on any atom is -0.437 e. The van der Waals surface area contributed by atoms with Crippen LogP contribution in [0.15, 0.2) is 51.4 Å². The van der Waals surface area contributed by atoms with E-state index < -0.39 is 0 Å². The number of halogens is 2. The third-order valence-corrected chi connectivity index (χ3v) is 3.15. The summed E-state index contributed by atoms with van der Waals surface area (Å²) in [5, 5.41) is 0. The van der Waals surface area contributed by atoms with Gasteiger partial charge in [-0.2, -0.15) is 0 Å².